The van der Waals surface area contributed by atoms with Gasteiger partial charge in [0.05, 0.1) is 0 Å². The molecule has 0 bridgehead atoms. The van der Waals surface area contributed by atoms with Gasteiger partial charge in [-0.3, -0.25) is 0 Å². The smallest absolute Gasteiger partial charge is 0.333 e. The van der Waals surface area contributed by atoms with E-state index in [0.29, 0.717) is 34.1 Å². The second-order valence-corrected chi connectivity index (χ2v) is 13.2. The van der Waals surface area contributed by atoms with Crippen molar-refractivity contribution in [3.05, 3.63) is 144 Å². The van der Waals surface area contributed by atoms with Crippen molar-refractivity contribution in [2.24, 2.45) is 0 Å². The molecule has 0 spiro atoms. The van der Waals surface area contributed by atoms with Gasteiger partial charge in [0.25, 0.3) is 0 Å². The summed E-state index contributed by atoms with van der Waals surface area (Å²) in [6, 6.07) is 31.0. The summed E-state index contributed by atoms with van der Waals surface area (Å²) in [6.07, 6.45) is -1.27. The maximum absolute atomic E-state index is 12.3. The average molecular weight is 693 g/mol. The summed E-state index contributed by atoms with van der Waals surface area (Å²) in [5, 5.41) is 0. The lowest BCUT2D eigenvalue weighted by atomic mass is 9.78. The maximum Gasteiger partial charge on any atom is 0.333 e. The predicted molar refractivity (Wildman–Crippen MR) is 199 cm³/mol. The summed E-state index contributed by atoms with van der Waals surface area (Å²) in [5.41, 5.74) is 4.68. The topological polar surface area (TPSA) is 89.5 Å². The molecular formula is C43H48O8. The van der Waals surface area contributed by atoms with Crippen molar-refractivity contribution in [2.75, 3.05) is 26.4 Å². The van der Waals surface area contributed by atoms with Crippen molar-refractivity contribution in [1.82, 2.24) is 0 Å². The molecule has 4 aromatic rings. The molecule has 8 heteroatoms. The van der Waals surface area contributed by atoms with Gasteiger partial charge in [-0.15, -0.1) is 0 Å². The first-order valence-electron chi connectivity index (χ1n) is 16.9. The summed E-state index contributed by atoms with van der Waals surface area (Å²) in [4.78, 5) is 24.6. The second-order valence-electron chi connectivity index (χ2n) is 13.2. The molecular weight excluding hydrogens is 644 g/mol. The normalized spacial score (nSPS) is 12.2. The molecule has 51 heavy (non-hydrogen) atoms. The first-order valence-corrected chi connectivity index (χ1v) is 16.9. The summed E-state index contributed by atoms with van der Waals surface area (Å²) < 4.78 is 35.0. The van der Waals surface area contributed by atoms with Crippen LogP contribution in [0.3, 0.4) is 0 Å². The summed E-state index contributed by atoms with van der Waals surface area (Å²) in [5.74, 6) is 1.64. The van der Waals surface area contributed by atoms with Gasteiger partial charge in [-0.25, -0.2) is 9.59 Å². The molecule has 0 N–H and O–H groups in total. The van der Waals surface area contributed by atoms with Crippen LogP contribution in [0.1, 0.15) is 49.9 Å². The third-order valence-electron chi connectivity index (χ3n) is 8.18. The molecule has 0 aliphatic heterocycles. The highest BCUT2D eigenvalue weighted by Crippen LogP contribution is 2.33. The lowest BCUT2D eigenvalue weighted by molar-refractivity contribution is -0.148. The van der Waals surface area contributed by atoms with Gasteiger partial charge in [-0.05, 0) is 87.4 Å². The molecule has 4 aromatic carbocycles. The van der Waals surface area contributed by atoms with E-state index in [9.17, 15) is 9.59 Å². The van der Waals surface area contributed by atoms with Crippen LogP contribution in [0.4, 0.5) is 0 Å². The zero-order valence-electron chi connectivity index (χ0n) is 30.4. The standard InChI is InChI=1S/C43H48O8/c1-29(2)41(44)50-39(25-46-35-17-9-31(5)10-18-35)27-48-37-21-13-33(14-22-37)43(7,8)34-15-23-38(24-16-34)49-28-40(51-42(45)30(3)4)26-47-36-19-11-32(6)12-20-36/h9-24,39-40H,1,3,25-28H2,2,4-8H3. The Morgan fingerprint density at radius 3 is 1.02 bits per heavy atom. The molecule has 2 atom stereocenters. The van der Waals surface area contributed by atoms with Crippen LogP contribution in [0.2, 0.25) is 0 Å². The minimum Gasteiger partial charge on any atom is -0.490 e. The van der Waals surface area contributed by atoms with Gasteiger partial charge < -0.3 is 28.4 Å². The summed E-state index contributed by atoms with van der Waals surface area (Å²) in [7, 11) is 0. The van der Waals surface area contributed by atoms with Gasteiger partial charge >= 0.3 is 11.9 Å². The zero-order valence-corrected chi connectivity index (χ0v) is 30.4. The molecule has 4 rings (SSSR count). The summed E-state index contributed by atoms with van der Waals surface area (Å²) >= 11 is 0. The van der Waals surface area contributed by atoms with Gasteiger partial charge in [0.2, 0.25) is 0 Å². The molecule has 2 unspecified atom stereocenters. The number of aryl methyl sites for hydroxylation is 2. The van der Waals surface area contributed by atoms with Crippen LogP contribution in [-0.2, 0) is 24.5 Å². The van der Waals surface area contributed by atoms with Crippen LogP contribution in [0.5, 0.6) is 23.0 Å². The highest BCUT2D eigenvalue weighted by Gasteiger charge is 2.24. The Labute approximate surface area is 301 Å². The minimum atomic E-state index is -0.637. The fourth-order valence-corrected chi connectivity index (χ4v) is 4.86. The molecule has 0 fully saturated rings. The van der Waals surface area contributed by atoms with Crippen molar-refractivity contribution in [2.45, 2.75) is 59.2 Å². The number of hydrogen-bond donors (Lipinski definition) is 0. The van der Waals surface area contributed by atoms with Crippen LogP contribution in [0.25, 0.3) is 0 Å². The Kier molecular flexibility index (Phi) is 13.5. The fraction of sp³-hybridized carbons (Fsp3) is 0.302. The van der Waals surface area contributed by atoms with Gasteiger partial charge in [0.15, 0.2) is 12.2 Å². The SMILES string of the molecule is C=C(C)C(=O)OC(COc1ccc(C)cc1)COc1ccc(C(C)(C)c2ccc(OCC(COc3ccc(C)cc3)OC(=O)C(=C)C)cc2)cc1. The van der Waals surface area contributed by atoms with Crippen molar-refractivity contribution < 1.29 is 38.0 Å². The lowest BCUT2D eigenvalue weighted by Gasteiger charge is -2.27. The Bertz CT molecular complexity index is 1620. The monoisotopic (exact) mass is 692 g/mol. The molecule has 0 aromatic heterocycles. The molecule has 0 aliphatic rings. The van der Waals surface area contributed by atoms with E-state index in [1.807, 2.05) is 111 Å². The van der Waals surface area contributed by atoms with E-state index in [4.69, 9.17) is 28.4 Å². The number of carbonyl (C=O) groups is 2. The number of hydrogen-bond acceptors (Lipinski definition) is 8. The Morgan fingerprint density at radius 2 is 0.765 bits per heavy atom. The highest BCUT2D eigenvalue weighted by molar-refractivity contribution is 5.87. The highest BCUT2D eigenvalue weighted by atomic mass is 16.6. The first kappa shape index (κ1) is 38.3. The van der Waals surface area contributed by atoms with Crippen LogP contribution in [0.15, 0.2) is 121 Å². The van der Waals surface area contributed by atoms with Crippen molar-refractivity contribution in [1.29, 1.82) is 0 Å². The van der Waals surface area contributed by atoms with E-state index >= 15 is 0 Å². The minimum absolute atomic E-state index is 0.112. The number of carbonyl (C=O) groups excluding carboxylic acids is 2. The third kappa shape index (κ3) is 11.8. The predicted octanol–water partition coefficient (Wildman–Crippen LogP) is 8.52. The van der Waals surface area contributed by atoms with E-state index in [-0.39, 0.29) is 31.8 Å². The van der Waals surface area contributed by atoms with E-state index in [1.165, 1.54) is 0 Å². The van der Waals surface area contributed by atoms with Crippen LogP contribution < -0.4 is 18.9 Å². The molecule has 268 valence electrons. The van der Waals surface area contributed by atoms with Gasteiger partial charge in [-0.2, -0.15) is 0 Å². The van der Waals surface area contributed by atoms with Gasteiger partial charge in [0, 0.05) is 16.6 Å². The van der Waals surface area contributed by atoms with Crippen molar-refractivity contribution in [3.63, 3.8) is 0 Å². The van der Waals surface area contributed by atoms with E-state index < -0.39 is 24.1 Å². The lowest BCUT2D eigenvalue weighted by Crippen LogP contribution is -2.31. The Morgan fingerprint density at radius 1 is 0.510 bits per heavy atom. The number of rotatable bonds is 18. The number of esters is 2. The molecule has 0 aliphatic carbocycles. The van der Waals surface area contributed by atoms with Crippen molar-refractivity contribution >= 4 is 11.9 Å². The first-order chi connectivity index (χ1) is 24.3. The quantitative estimate of drug-likeness (QED) is 0.0758. The van der Waals surface area contributed by atoms with E-state index in [2.05, 4.69) is 27.0 Å². The number of benzene rings is 4. The zero-order chi connectivity index (χ0) is 37.0. The van der Waals surface area contributed by atoms with E-state index in [0.717, 1.165) is 22.3 Å². The van der Waals surface area contributed by atoms with Crippen LogP contribution in [-0.4, -0.2) is 50.6 Å². The number of ether oxygens (including phenoxy) is 6. The van der Waals surface area contributed by atoms with Crippen molar-refractivity contribution in [3.8, 4) is 23.0 Å². The van der Waals surface area contributed by atoms with Gasteiger partial charge in [0.1, 0.15) is 49.4 Å². The molecule has 0 amide bonds. The van der Waals surface area contributed by atoms with Crippen LogP contribution in [0, 0.1) is 13.8 Å². The average Bonchev–Trinajstić information content (AvgIpc) is 3.12. The largest absolute Gasteiger partial charge is 0.490 e. The fourth-order valence-electron chi connectivity index (χ4n) is 4.86. The molecule has 0 saturated heterocycles. The molecule has 0 heterocycles. The Hall–Kier alpha value is -5.50. The molecule has 8 nitrogen and oxygen atoms in total. The molecule has 0 saturated carbocycles. The van der Waals surface area contributed by atoms with E-state index in [1.54, 1.807) is 13.8 Å². The maximum atomic E-state index is 12.3. The summed E-state index contributed by atoms with van der Waals surface area (Å²) in [6.45, 7) is 19.3. The van der Waals surface area contributed by atoms with Crippen LogP contribution >= 0.6 is 0 Å². The molecule has 0 radical (unpaired) electrons. The third-order valence-corrected chi connectivity index (χ3v) is 8.18. The second kappa shape index (κ2) is 17.9. The Balaban J connectivity index is 1.34. The van der Waals surface area contributed by atoms with Gasteiger partial charge in [-0.1, -0.05) is 86.7 Å².